The maximum absolute atomic E-state index is 6.02. The zero-order valence-corrected chi connectivity index (χ0v) is 18.3. The summed E-state index contributed by atoms with van der Waals surface area (Å²) in [6, 6.07) is 7.86. The van der Waals surface area contributed by atoms with E-state index in [9.17, 15) is 0 Å². The summed E-state index contributed by atoms with van der Waals surface area (Å²) in [4.78, 5) is 11.0. The molecule has 0 spiro atoms. The number of ether oxygens (including phenoxy) is 1. The van der Waals surface area contributed by atoms with Gasteiger partial charge in [0, 0.05) is 25.6 Å². The lowest BCUT2D eigenvalue weighted by molar-refractivity contribution is 0.284. The van der Waals surface area contributed by atoms with E-state index in [1.807, 2.05) is 24.3 Å². The van der Waals surface area contributed by atoms with E-state index in [4.69, 9.17) is 20.8 Å². The quantitative estimate of drug-likeness (QED) is 0.522. The van der Waals surface area contributed by atoms with Crippen LogP contribution in [0, 0.1) is 24.7 Å². The second-order valence-electron chi connectivity index (χ2n) is 8.48. The van der Waals surface area contributed by atoms with Gasteiger partial charge in [0.05, 0.1) is 24.0 Å². The summed E-state index contributed by atoms with van der Waals surface area (Å²) in [7, 11) is 0. The molecule has 3 heterocycles. The van der Waals surface area contributed by atoms with Crippen LogP contribution >= 0.6 is 11.6 Å². The summed E-state index contributed by atoms with van der Waals surface area (Å²) in [6.07, 6.45) is 8.19. The lowest BCUT2D eigenvalue weighted by atomic mass is 9.90. The van der Waals surface area contributed by atoms with Crippen molar-refractivity contribution < 1.29 is 9.15 Å². The molecule has 0 bridgehead atoms. The summed E-state index contributed by atoms with van der Waals surface area (Å²) in [5.74, 6) is 5.16. The van der Waals surface area contributed by atoms with E-state index in [0.717, 1.165) is 61.1 Å². The average molecular weight is 440 g/mol. The third-order valence-corrected chi connectivity index (χ3v) is 6.57. The SMILES string of the molecule is Cc1nnc(-c2cccc(OCC[C@H]3C[C@H]3C3CCN(c4ncc(Cl)cn4)CC3)c2)o1. The highest BCUT2D eigenvalue weighted by atomic mass is 35.5. The van der Waals surface area contributed by atoms with Gasteiger partial charge in [0.1, 0.15) is 5.75 Å². The molecule has 1 aromatic carbocycles. The summed E-state index contributed by atoms with van der Waals surface area (Å²) in [6.45, 7) is 4.57. The van der Waals surface area contributed by atoms with Crippen molar-refractivity contribution >= 4 is 17.5 Å². The molecule has 31 heavy (non-hydrogen) atoms. The first-order valence-corrected chi connectivity index (χ1v) is 11.3. The standard InChI is InChI=1S/C23H26ClN5O2/c1-15-27-28-22(31-15)18-3-2-4-20(11-18)30-10-7-17-12-21(17)16-5-8-29(9-6-16)23-25-13-19(24)14-26-23/h2-4,11,13-14,16-17,21H,5-10,12H2,1H3/t17-,21-/m0/s1. The highest BCUT2D eigenvalue weighted by Crippen LogP contribution is 2.49. The maximum Gasteiger partial charge on any atom is 0.247 e. The Balaban J connectivity index is 1.06. The highest BCUT2D eigenvalue weighted by Gasteiger charge is 2.43. The van der Waals surface area contributed by atoms with Crippen LogP contribution in [0.4, 0.5) is 5.95 Å². The predicted molar refractivity (Wildman–Crippen MR) is 118 cm³/mol. The summed E-state index contributed by atoms with van der Waals surface area (Å²) in [5.41, 5.74) is 0.888. The molecule has 0 unspecified atom stereocenters. The van der Waals surface area contributed by atoms with Gasteiger partial charge in [-0.2, -0.15) is 0 Å². The molecule has 5 rings (SSSR count). The van der Waals surface area contributed by atoms with E-state index in [1.54, 1.807) is 19.3 Å². The smallest absolute Gasteiger partial charge is 0.247 e. The van der Waals surface area contributed by atoms with E-state index in [2.05, 4.69) is 25.1 Å². The fraction of sp³-hybridized carbons (Fsp3) is 0.478. The molecule has 2 aromatic heterocycles. The topological polar surface area (TPSA) is 77.2 Å². The number of rotatable bonds is 7. The van der Waals surface area contributed by atoms with Crippen molar-refractivity contribution in [1.29, 1.82) is 0 Å². The Bertz CT molecular complexity index is 1020. The van der Waals surface area contributed by atoms with Crippen LogP contribution in [-0.2, 0) is 0 Å². The lowest BCUT2D eigenvalue weighted by Gasteiger charge is -2.32. The van der Waals surface area contributed by atoms with Crippen LogP contribution in [0.1, 0.15) is 31.6 Å². The van der Waals surface area contributed by atoms with Crippen molar-refractivity contribution in [2.24, 2.45) is 17.8 Å². The normalized spacial score (nSPS) is 21.3. The van der Waals surface area contributed by atoms with E-state index in [0.29, 0.717) is 16.8 Å². The Labute approximate surface area is 186 Å². The number of hydrogen-bond donors (Lipinski definition) is 0. The van der Waals surface area contributed by atoms with Crippen molar-refractivity contribution in [2.75, 3.05) is 24.6 Å². The third kappa shape index (κ3) is 4.82. The Morgan fingerprint density at radius 2 is 1.97 bits per heavy atom. The molecule has 162 valence electrons. The number of aromatic nitrogens is 4. The Morgan fingerprint density at radius 3 is 2.71 bits per heavy atom. The van der Waals surface area contributed by atoms with Gasteiger partial charge < -0.3 is 14.1 Å². The Hall–Kier alpha value is -2.67. The van der Waals surface area contributed by atoms with Crippen LogP contribution < -0.4 is 9.64 Å². The van der Waals surface area contributed by atoms with Crippen LogP contribution in [0.25, 0.3) is 11.5 Å². The molecule has 3 aromatic rings. The molecule has 1 aliphatic heterocycles. The van der Waals surface area contributed by atoms with Gasteiger partial charge in [-0.15, -0.1) is 10.2 Å². The molecule has 7 nitrogen and oxygen atoms in total. The minimum atomic E-state index is 0.528. The van der Waals surface area contributed by atoms with Crippen LogP contribution in [0.2, 0.25) is 5.02 Å². The molecule has 2 atom stereocenters. The maximum atomic E-state index is 6.02. The van der Waals surface area contributed by atoms with E-state index >= 15 is 0 Å². The number of hydrogen-bond acceptors (Lipinski definition) is 7. The summed E-state index contributed by atoms with van der Waals surface area (Å²) < 4.78 is 11.5. The molecule has 1 saturated carbocycles. The summed E-state index contributed by atoms with van der Waals surface area (Å²) in [5, 5.41) is 8.55. The van der Waals surface area contributed by atoms with Crippen molar-refractivity contribution in [3.05, 3.63) is 47.6 Å². The van der Waals surface area contributed by atoms with Gasteiger partial charge >= 0.3 is 0 Å². The van der Waals surface area contributed by atoms with Gasteiger partial charge in [0.15, 0.2) is 0 Å². The number of halogens is 1. The van der Waals surface area contributed by atoms with Crippen molar-refractivity contribution in [2.45, 2.75) is 32.6 Å². The Kier molecular flexibility index (Phi) is 5.76. The second kappa shape index (κ2) is 8.83. The largest absolute Gasteiger partial charge is 0.494 e. The third-order valence-electron chi connectivity index (χ3n) is 6.38. The van der Waals surface area contributed by atoms with E-state index < -0.39 is 0 Å². The van der Waals surface area contributed by atoms with Gasteiger partial charge in [0.2, 0.25) is 17.7 Å². The average Bonchev–Trinajstić information content (AvgIpc) is 3.44. The van der Waals surface area contributed by atoms with Crippen LogP contribution in [0.15, 0.2) is 41.1 Å². The molecule has 0 amide bonds. The number of aryl methyl sites for hydroxylation is 1. The number of benzene rings is 1. The number of anilines is 1. The fourth-order valence-electron chi connectivity index (χ4n) is 4.64. The van der Waals surface area contributed by atoms with Gasteiger partial charge in [-0.25, -0.2) is 9.97 Å². The minimum Gasteiger partial charge on any atom is -0.494 e. The molecule has 2 fully saturated rings. The van der Waals surface area contributed by atoms with E-state index in [-0.39, 0.29) is 0 Å². The first kappa shape index (κ1) is 20.2. The molecule has 1 saturated heterocycles. The highest BCUT2D eigenvalue weighted by molar-refractivity contribution is 6.30. The van der Waals surface area contributed by atoms with Crippen molar-refractivity contribution in [3.8, 4) is 17.2 Å². The second-order valence-corrected chi connectivity index (χ2v) is 8.91. The van der Waals surface area contributed by atoms with Crippen LogP contribution in [-0.4, -0.2) is 39.9 Å². The molecular formula is C23H26ClN5O2. The molecule has 2 aliphatic rings. The van der Waals surface area contributed by atoms with Crippen LogP contribution in [0.5, 0.6) is 5.75 Å². The first-order chi connectivity index (χ1) is 15.2. The first-order valence-electron chi connectivity index (χ1n) is 10.9. The van der Waals surface area contributed by atoms with Crippen molar-refractivity contribution in [3.63, 3.8) is 0 Å². The predicted octanol–water partition coefficient (Wildman–Crippen LogP) is 4.81. The zero-order valence-electron chi connectivity index (χ0n) is 17.6. The fourth-order valence-corrected chi connectivity index (χ4v) is 4.73. The molecule has 8 heteroatoms. The van der Waals surface area contributed by atoms with E-state index in [1.165, 1.54) is 19.3 Å². The van der Waals surface area contributed by atoms with Gasteiger partial charge in [-0.05, 0) is 61.6 Å². The zero-order chi connectivity index (χ0) is 21.2. The molecule has 0 N–H and O–H groups in total. The summed E-state index contributed by atoms with van der Waals surface area (Å²) >= 11 is 5.89. The monoisotopic (exact) mass is 439 g/mol. The van der Waals surface area contributed by atoms with Crippen LogP contribution in [0.3, 0.4) is 0 Å². The molecular weight excluding hydrogens is 414 g/mol. The van der Waals surface area contributed by atoms with Gasteiger partial charge in [-0.3, -0.25) is 0 Å². The number of nitrogens with zero attached hydrogens (tertiary/aromatic N) is 5. The Morgan fingerprint density at radius 1 is 1.16 bits per heavy atom. The molecule has 0 radical (unpaired) electrons. The minimum absolute atomic E-state index is 0.528. The molecule has 1 aliphatic carbocycles. The lowest BCUT2D eigenvalue weighted by Crippen LogP contribution is -2.35. The van der Waals surface area contributed by atoms with Gasteiger partial charge in [0.25, 0.3) is 0 Å². The van der Waals surface area contributed by atoms with Gasteiger partial charge in [-0.1, -0.05) is 17.7 Å². The number of piperidine rings is 1. The van der Waals surface area contributed by atoms with Crippen molar-refractivity contribution in [1.82, 2.24) is 20.2 Å².